The van der Waals surface area contributed by atoms with E-state index in [0.717, 1.165) is 0 Å². The standard InChI is InChI=1S/C8H10N2O3/c11-4-3-6-1-2-7(10-9-6)5-8(12)13/h1-2,11H,3-5H2,(H,12,13). The van der Waals surface area contributed by atoms with Gasteiger partial charge in [0, 0.05) is 13.0 Å². The molecule has 1 rings (SSSR count). The summed E-state index contributed by atoms with van der Waals surface area (Å²) in [5.41, 5.74) is 1.09. The van der Waals surface area contributed by atoms with Crippen LogP contribution in [0.2, 0.25) is 0 Å². The Balaban J connectivity index is 2.64. The Labute approximate surface area is 75.0 Å². The summed E-state index contributed by atoms with van der Waals surface area (Å²) in [5.74, 6) is -0.927. The highest BCUT2D eigenvalue weighted by atomic mass is 16.4. The second-order valence-electron chi connectivity index (χ2n) is 2.56. The van der Waals surface area contributed by atoms with Crippen molar-refractivity contribution >= 4 is 5.97 Å². The zero-order chi connectivity index (χ0) is 9.68. The van der Waals surface area contributed by atoms with Crippen LogP contribution in [0.25, 0.3) is 0 Å². The predicted octanol–water partition coefficient (Wildman–Crippen LogP) is -0.361. The van der Waals surface area contributed by atoms with Crippen LogP contribution in [-0.4, -0.2) is 33.0 Å². The molecule has 0 aliphatic carbocycles. The van der Waals surface area contributed by atoms with Gasteiger partial charge in [-0.15, -0.1) is 0 Å². The molecule has 0 aliphatic heterocycles. The number of aromatic nitrogens is 2. The SMILES string of the molecule is O=C(O)Cc1ccc(CCO)nn1. The molecule has 13 heavy (non-hydrogen) atoms. The van der Waals surface area contributed by atoms with Crippen molar-refractivity contribution in [1.82, 2.24) is 10.2 Å². The van der Waals surface area contributed by atoms with E-state index < -0.39 is 5.97 Å². The lowest BCUT2D eigenvalue weighted by molar-refractivity contribution is -0.136. The van der Waals surface area contributed by atoms with Crippen LogP contribution in [0.4, 0.5) is 0 Å². The van der Waals surface area contributed by atoms with Gasteiger partial charge in [0.15, 0.2) is 0 Å². The van der Waals surface area contributed by atoms with Crippen molar-refractivity contribution in [3.05, 3.63) is 23.5 Å². The molecule has 0 fully saturated rings. The van der Waals surface area contributed by atoms with E-state index in [2.05, 4.69) is 10.2 Å². The number of aliphatic carboxylic acids is 1. The molecule has 0 atom stereocenters. The monoisotopic (exact) mass is 182 g/mol. The van der Waals surface area contributed by atoms with E-state index in [4.69, 9.17) is 10.2 Å². The summed E-state index contributed by atoms with van der Waals surface area (Å²) in [5, 5.41) is 24.4. The van der Waals surface area contributed by atoms with Crippen LogP contribution >= 0.6 is 0 Å². The fraction of sp³-hybridized carbons (Fsp3) is 0.375. The van der Waals surface area contributed by atoms with E-state index >= 15 is 0 Å². The molecule has 0 aliphatic rings. The zero-order valence-corrected chi connectivity index (χ0v) is 6.97. The Kier molecular flexibility index (Phi) is 3.33. The minimum atomic E-state index is -0.927. The smallest absolute Gasteiger partial charge is 0.309 e. The first-order valence-electron chi connectivity index (χ1n) is 3.86. The van der Waals surface area contributed by atoms with E-state index in [1.54, 1.807) is 12.1 Å². The highest BCUT2D eigenvalue weighted by Crippen LogP contribution is 1.98. The second kappa shape index (κ2) is 4.51. The fourth-order valence-corrected chi connectivity index (χ4v) is 0.885. The lowest BCUT2D eigenvalue weighted by Crippen LogP contribution is -2.05. The normalized spacial score (nSPS) is 9.92. The lowest BCUT2D eigenvalue weighted by atomic mass is 10.2. The molecule has 0 aromatic carbocycles. The number of nitrogens with zero attached hydrogens (tertiary/aromatic N) is 2. The predicted molar refractivity (Wildman–Crippen MR) is 44.2 cm³/mol. The van der Waals surface area contributed by atoms with E-state index in [-0.39, 0.29) is 13.0 Å². The number of hydrogen-bond donors (Lipinski definition) is 2. The molecule has 0 radical (unpaired) electrons. The largest absolute Gasteiger partial charge is 0.481 e. The van der Waals surface area contributed by atoms with Gasteiger partial charge >= 0.3 is 5.97 Å². The van der Waals surface area contributed by atoms with Gasteiger partial charge in [0.25, 0.3) is 0 Å². The average molecular weight is 182 g/mol. The minimum Gasteiger partial charge on any atom is -0.481 e. The molecule has 0 amide bonds. The molecule has 0 saturated carbocycles. The molecule has 0 spiro atoms. The molecule has 1 heterocycles. The van der Waals surface area contributed by atoms with Crippen molar-refractivity contribution < 1.29 is 15.0 Å². The van der Waals surface area contributed by atoms with Crippen LogP contribution in [0.15, 0.2) is 12.1 Å². The topological polar surface area (TPSA) is 83.3 Å². The number of aliphatic hydroxyl groups is 1. The van der Waals surface area contributed by atoms with E-state index in [9.17, 15) is 4.79 Å². The maximum Gasteiger partial charge on any atom is 0.309 e. The number of rotatable bonds is 4. The van der Waals surface area contributed by atoms with Gasteiger partial charge in [-0.1, -0.05) is 0 Å². The van der Waals surface area contributed by atoms with Crippen LogP contribution in [0.1, 0.15) is 11.4 Å². The van der Waals surface area contributed by atoms with E-state index in [1.165, 1.54) is 0 Å². The van der Waals surface area contributed by atoms with Crippen LogP contribution in [0.3, 0.4) is 0 Å². The van der Waals surface area contributed by atoms with Gasteiger partial charge < -0.3 is 10.2 Å². The summed E-state index contributed by atoms with van der Waals surface area (Å²) in [6, 6.07) is 3.27. The van der Waals surface area contributed by atoms with Crippen LogP contribution in [0, 0.1) is 0 Å². The first-order valence-corrected chi connectivity index (χ1v) is 3.86. The Bertz CT molecular complexity index is 284. The number of carbonyl (C=O) groups is 1. The van der Waals surface area contributed by atoms with Gasteiger partial charge in [0.05, 0.1) is 17.8 Å². The molecule has 2 N–H and O–H groups in total. The third-order valence-corrected chi connectivity index (χ3v) is 1.48. The second-order valence-corrected chi connectivity index (χ2v) is 2.56. The van der Waals surface area contributed by atoms with Crippen LogP contribution in [0.5, 0.6) is 0 Å². The molecule has 5 nitrogen and oxygen atoms in total. The molecule has 1 aromatic rings. The highest BCUT2D eigenvalue weighted by molar-refractivity contribution is 5.69. The van der Waals surface area contributed by atoms with Gasteiger partial charge in [-0.2, -0.15) is 10.2 Å². The Morgan fingerprint density at radius 3 is 2.38 bits per heavy atom. The fourth-order valence-electron chi connectivity index (χ4n) is 0.885. The summed E-state index contributed by atoms with van der Waals surface area (Å²) in [4.78, 5) is 10.3. The van der Waals surface area contributed by atoms with Gasteiger partial charge in [-0.3, -0.25) is 4.79 Å². The number of aliphatic hydroxyl groups excluding tert-OH is 1. The van der Waals surface area contributed by atoms with Gasteiger partial charge in [-0.05, 0) is 12.1 Å². The molecule has 1 aromatic heterocycles. The molecule has 0 bridgehead atoms. The Hall–Kier alpha value is -1.49. The molecular formula is C8H10N2O3. The van der Waals surface area contributed by atoms with E-state index in [1.807, 2.05) is 0 Å². The van der Waals surface area contributed by atoms with Crippen molar-refractivity contribution in [3.63, 3.8) is 0 Å². The van der Waals surface area contributed by atoms with Gasteiger partial charge in [0.1, 0.15) is 0 Å². The quantitative estimate of drug-likeness (QED) is 0.664. The van der Waals surface area contributed by atoms with Crippen molar-refractivity contribution in [3.8, 4) is 0 Å². The maximum atomic E-state index is 10.3. The lowest BCUT2D eigenvalue weighted by Gasteiger charge is -1.97. The summed E-state index contributed by atoms with van der Waals surface area (Å²) in [7, 11) is 0. The number of carboxylic acids is 1. The van der Waals surface area contributed by atoms with Crippen molar-refractivity contribution in [2.45, 2.75) is 12.8 Å². The highest BCUT2D eigenvalue weighted by Gasteiger charge is 2.02. The van der Waals surface area contributed by atoms with Crippen molar-refractivity contribution in [2.75, 3.05) is 6.61 Å². The van der Waals surface area contributed by atoms with Crippen LogP contribution < -0.4 is 0 Å². The van der Waals surface area contributed by atoms with Crippen molar-refractivity contribution in [2.24, 2.45) is 0 Å². The average Bonchev–Trinajstić information content (AvgIpc) is 2.08. The summed E-state index contributed by atoms with van der Waals surface area (Å²) < 4.78 is 0. The summed E-state index contributed by atoms with van der Waals surface area (Å²) in [6.45, 7) is 0.0208. The van der Waals surface area contributed by atoms with Crippen LogP contribution in [-0.2, 0) is 17.6 Å². The zero-order valence-electron chi connectivity index (χ0n) is 6.97. The molecular weight excluding hydrogens is 172 g/mol. The Morgan fingerprint density at radius 1 is 1.31 bits per heavy atom. The third-order valence-electron chi connectivity index (χ3n) is 1.48. The number of carboxylic acid groups (broad SMARTS) is 1. The minimum absolute atomic E-state index is 0.0208. The van der Waals surface area contributed by atoms with Gasteiger partial charge in [0.2, 0.25) is 0 Å². The maximum absolute atomic E-state index is 10.3. The number of hydrogen-bond acceptors (Lipinski definition) is 4. The molecule has 0 unspecified atom stereocenters. The van der Waals surface area contributed by atoms with Crippen molar-refractivity contribution in [1.29, 1.82) is 0 Å². The third kappa shape index (κ3) is 3.16. The first-order chi connectivity index (χ1) is 6.22. The molecule has 5 heteroatoms. The summed E-state index contributed by atoms with van der Waals surface area (Å²) in [6.07, 6.45) is 0.326. The summed E-state index contributed by atoms with van der Waals surface area (Å²) >= 11 is 0. The molecule has 0 saturated heterocycles. The molecule has 70 valence electrons. The van der Waals surface area contributed by atoms with E-state index in [0.29, 0.717) is 17.8 Å². The first kappa shape index (κ1) is 9.60. The Morgan fingerprint density at radius 2 is 1.92 bits per heavy atom. The van der Waals surface area contributed by atoms with Gasteiger partial charge in [-0.25, -0.2) is 0 Å².